The second-order valence-corrected chi connectivity index (χ2v) is 6.07. The van der Waals surface area contributed by atoms with Gasteiger partial charge in [0.15, 0.2) is 0 Å². The van der Waals surface area contributed by atoms with E-state index in [2.05, 4.69) is 17.2 Å². The van der Waals surface area contributed by atoms with Crippen LogP contribution >= 0.6 is 0 Å². The molecule has 2 atom stereocenters. The minimum atomic E-state index is -4.32. The quantitative estimate of drug-likeness (QED) is 0.871. The summed E-state index contributed by atoms with van der Waals surface area (Å²) in [4.78, 5) is 15.6. The van der Waals surface area contributed by atoms with Crippen molar-refractivity contribution in [3.05, 3.63) is 18.2 Å². The lowest BCUT2D eigenvalue weighted by molar-refractivity contribution is -0.141. The van der Waals surface area contributed by atoms with Gasteiger partial charge >= 0.3 is 6.18 Å². The van der Waals surface area contributed by atoms with E-state index >= 15 is 0 Å². The number of nitrogens with zero attached hydrogens (tertiary/aromatic N) is 2. The molecule has 2 rings (SSSR count). The first-order valence-electron chi connectivity index (χ1n) is 7.78. The Bertz CT molecular complexity index is 516. The highest BCUT2D eigenvalue weighted by Gasteiger charge is 2.28. The van der Waals surface area contributed by atoms with Gasteiger partial charge in [0, 0.05) is 12.4 Å². The maximum atomic E-state index is 12.4. The maximum Gasteiger partial charge on any atom is 0.406 e. The number of ether oxygens (including phenoxy) is 1. The number of carbonyl (C=O) groups is 1. The number of carbonyl (C=O) groups excluding carboxylic acids is 1. The number of alkyl halides is 3. The van der Waals surface area contributed by atoms with Gasteiger partial charge in [-0.25, -0.2) is 4.98 Å². The number of nitrogens with one attached hydrogen (secondary N) is 1. The second kappa shape index (κ2) is 7.81. The van der Waals surface area contributed by atoms with Crippen LogP contribution in [-0.4, -0.2) is 34.3 Å². The van der Waals surface area contributed by atoms with E-state index in [0.717, 1.165) is 23.8 Å². The molecule has 1 aliphatic rings. The third-order valence-corrected chi connectivity index (χ3v) is 3.93. The smallest absolute Gasteiger partial charge is 0.368 e. The van der Waals surface area contributed by atoms with Gasteiger partial charge < -0.3 is 14.6 Å². The SMILES string of the molecule is C[C@H]1CCC[C@H](OCC(=O)NCc2nccn2CC(F)(F)F)C1. The number of rotatable bonds is 6. The standard InChI is InChI=1S/C15H22F3N3O2/c1-11-3-2-4-12(7-11)23-9-14(22)20-8-13-19-5-6-21(13)10-15(16,17)18/h5-6,11-12H,2-4,7-10H2,1H3,(H,20,22)/t11-,12-/m0/s1. The minimum Gasteiger partial charge on any atom is -0.368 e. The van der Waals surface area contributed by atoms with E-state index in [1.54, 1.807) is 0 Å². The Morgan fingerprint density at radius 1 is 1.48 bits per heavy atom. The molecule has 0 aromatic carbocycles. The lowest BCUT2D eigenvalue weighted by atomic mass is 9.89. The number of hydrogen-bond acceptors (Lipinski definition) is 3. The molecule has 23 heavy (non-hydrogen) atoms. The Morgan fingerprint density at radius 3 is 2.96 bits per heavy atom. The van der Waals surface area contributed by atoms with Gasteiger partial charge in [-0.2, -0.15) is 13.2 Å². The van der Waals surface area contributed by atoms with Crippen molar-refractivity contribution in [1.82, 2.24) is 14.9 Å². The number of halogens is 3. The van der Waals surface area contributed by atoms with Crippen molar-refractivity contribution in [3.63, 3.8) is 0 Å². The summed E-state index contributed by atoms with van der Waals surface area (Å²) in [5.74, 6) is 0.429. The summed E-state index contributed by atoms with van der Waals surface area (Å²) in [6.45, 7) is 0.925. The van der Waals surface area contributed by atoms with Gasteiger partial charge in [-0.05, 0) is 18.8 Å². The van der Waals surface area contributed by atoms with Crippen molar-refractivity contribution in [1.29, 1.82) is 0 Å². The zero-order valence-electron chi connectivity index (χ0n) is 13.1. The Hall–Kier alpha value is -1.57. The minimum absolute atomic E-state index is 0.0493. The van der Waals surface area contributed by atoms with E-state index in [-0.39, 0.29) is 31.0 Å². The predicted octanol–water partition coefficient (Wildman–Crippen LogP) is 2.66. The van der Waals surface area contributed by atoms with Crippen molar-refractivity contribution in [3.8, 4) is 0 Å². The molecular formula is C15H22F3N3O2. The summed E-state index contributed by atoms with van der Waals surface area (Å²) >= 11 is 0. The lowest BCUT2D eigenvalue weighted by Crippen LogP contribution is -2.32. The predicted molar refractivity (Wildman–Crippen MR) is 77.5 cm³/mol. The second-order valence-electron chi connectivity index (χ2n) is 6.07. The fourth-order valence-electron chi connectivity index (χ4n) is 2.80. The molecule has 8 heteroatoms. The molecule has 1 heterocycles. The van der Waals surface area contributed by atoms with Crippen LogP contribution < -0.4 is 5.32 Å². The first-order valence-corrected chi connectivity index (χ1v) is 7.78. The van der Waals surface area contributed by atoms with Crippen LogP contribution in [0.5, 0.6) is 0 Å². The topological polar surface area (TPSA) is 56.1 Å². The third-order valence-electron chi connectivity index (χ3n) is 3.93. The van der Waals surface area contributed by atoms with E-state index in [4.69, 9.17) is 4.74 Å². The third kappa shape index (κ3) is 6.21. The molecule has 0 unspecified atom stereocenters. The van der Waals surface area contributed by atoms with Crippen LogP contribution in [0.1, 0.15) is 38.4 Å². The van der Waals surface area contributed by atoms with Gasteiger partial charge in [0.05, 0.1) is 12.6 Å². The number of amides is 1. The van der Waals surface area contributed by atoms with Crippen LogP contribution in [0, 0.1) is 5.92 Å². The average Bonchev–Trinajstić information content (AvgIpc) is 2.88. The number of aromatic nitrogens is 2. The highest BCUT2D eigenvalue weighted by atomic mass is 19.4. The van der Waals surface area contributed by atoms with Gasteiger partial charge in [-0.1, -0.05) is 19.8 Å². The van der Waals surface area contributed by atoms with Gasteiger partial charge in [0.2, 0.25) is 5.91 Å². The zero-order valence-corrected chi connectivity index (χ0v) is 13.1. The summed E-state index contributed by atoms with van der Waals surface area (Å²) in [6, 6.07) is 0. The van der Waals surface area contributed by atoms with Crippen LogP contribution in [0.2, 0.25) is 0 Å². The molecule has 1 aromatic rings. The highest BCUT2D eigenvalue weighted by Crippen LogP contribution is 2.25. The van der Waals surface area contributed by atoms with Crippen molar-refractivity contribution in [2.24, 2.45) is 5.92 Å². The van der Waals surface area contributed by atoms with Crippen LogP contribution in [0.3, 0.4) is 0 Å². The molecule has 0 radical (unpaired) electrons. The number of hydrogen-bond donors (Lipinski definition) is 1. The molecule has 0 aliphatic heterocycles. The van der Waals surface area contributed by atoms with Gasteiger partial charge in [-0.3, -0.25) is 4.79 Å². The molecule has 0 saturated heterocycles. The molecule has 1 N–H and O–H groups in total. The van der Waals surface area contributed by atoms with Crippen molar-refractivity contribution < 1.29 is 22.7 Å². The van der Waals surface area contributed by atoms with Crippen LogP contribution in [0.25, 0.3) is 0 Å². The highest BCUT2D eigenvalue weighted by molar-refractivity contribution is 5.77. The molecule has 1 aliphatic carbocycles. The van der Waals surface area contributed by atoms with Crippen molar-refractivity contribution in [2.45, 2.75) is 58.0 Å². The van der Waals surface area contributed by atoms with Crippen molar-refractivity contribution >= 4 is 5.91 Å². The normalized spacial score (nSPS) is 22.1. The Labute approximate surface area is 133 Å². The molecule has 5 nitrogen and oxygen atoms in total. The Morgan fingerprint density at radius 2 is 2.26 bits per heavy atom. The molecule has 130 valence electrons. The van der Waals surface area contributed by atoms with Crippen LogP contribution in [0.15, 0.2) is 12.4 Å². The summed E-state index contributed by atoms with van der Waals surface area (Å²) < 4.78 is 43.8. The molecule has 0 bridgehead atoms. The summed E-state index contributed by atoms with van der Waals surface area (Å²) in [6.07, 6.45) is 2.49. The van der Waals surface area contributed by atoms with E-state index in [9.17, 15) is 18.0 Å². The summed E-state index contributed by atoms with van der Waals surface area (Å²) in [5.41, 5.74) is 0. The molecule has 1 fully saturated rings. The van der Waals surface area contributed by atoms with E-state index in [0.29, 0.717) is 5.92 Å². The molecule has 1 aromatic heterocycles. The van der Waals surface area contributed by atoms with E-state index in [1.165, 1.54) is 18.8 Å². The van der Waals surface area contributed by atoms with Gasteiger partial charge in [0.25, 0.3) is 0 Å². The Kier molecular flexibility index (Phi) is 6.04. The largest absolute Gasteiger partial charge is 0.406 e. The molecule has 0 spiro atoms. The zero-order chi connectivity index (χ0) is 16.9. The maximum absolute atomic E-state index is 12.4. The van der Waals surface area contributed by atoms with E-state index < -0.39 is 12.7 Å². The average molecular weight is 333 g/mol. The summed E-state index contributed by atoms with van der Waals surface area (Å²) in [5, 5.41) is 2.55. The van der Waals surface area contributed by atoms with Gasteiger partial charge in [-0.15, -0.1) is 0 Å². The molecule has 1 saturated carbocycles. The summed E-state index contributed by atoms with van der Waals surface area (Å²) in [7, 11) is 0. The first kappa shape index (κ1) is 17.8. The fraction of sp³-hybridized carbons (Fsp3) is 0.733. The fourth-order valence-corrected chi connectivity index (χ4v) is 2.80. The monoisotopic (exact) mass is 333 g/mol. The molecular weight excluding hydrogens is 311 g/mol. The van der Waals surface area contributed by atoms with Crippen LogP contribution in [-0.2, 0) is 22.6 Å². The Balaban J connectivity index is 1.73. The lowest BCUT2D eigenvalue weighted by Gasteiger charge is -2.26. The van der Waals surface area contributed by atoms with E-state index in [1.807, 2.05) is 0 Å². The molecule has 1 amide bonds. The van der Waals surface area contributed by atoms with Crippen LogP contribution in [0.4, 0.5) is 13.2 Å². The van der Waals surface area contributed by atoms with Crippen molar-refractivity contribution in [2.75, 3.05) is 6.61 Å². The number of imidazole rings is 1. The van der Waals surface area contributed by atoms with Gasteiger partial charge in [0.1, 0.15) is 19.0 Å². The first-order chi connectivity index (χ1) is 10.8.